The second-order valence-electron chi connectivity index (χ2n) is 14.0. The topological polar surface area (TPSA) is 119 Å². The quantitative estimate of drug-likeness (QED) is 0.191. The van der Waals surface area contributed by atoms with Crippen LogP contribution in [0.15, 0.2) is 18.2 Å². The summed E-state index contributed by atoms with van der Waals surface area (Å²) in [4.78, 5) is 25.7. The number of hydrogen-bond donors (Lipinski definition) is 0. The van der Waals surface area contributed by atoms with Crippen LogP contribution in [0.1, 0.15) is 61.0 Å². The molecule has 14 heteroatoms. The van der Waals surface area contributed by atoms with Gasteiger partial charge >= 0.3 is 21.3 Å². The van der Waals surface area contributed by atoms with Crippen LogP contribution in [-0.4, -0.2) is 65.4 Å². The Hall–Kier alpha value is -3.00. The van der Waals surface area contributed by atoms with E-state index in [2.05, 4.69) is 14.0 Å². The lowest BCUT2D eigenvalue weighted by Crippen LogP contribution is -2.69. The highest BCUT2D eigenvalue weighted by Crippen LogP contribution is 2.76. The van der Waals surface area contributed by atoms with E-state index in [9.17, 15) is 31.7 Å². The third kappa shape index (κ3) is 3.78. The Morgan fingerprint density at radius 3 is 2.50 bits per heavy atom. The van der Waals surface area contributed by atoms with E-state index in [1.165, 1.54) is 25.0 Å². The predicted octanol–water partition coefficient (Wildman–Crippen LogP) is 4.81. The van der Waals surface area contributed by atoms with Crippen LogP contribution in [0.25, 0.3) is 0 Å². The first kappa shape index (κ1) is 28.5. The van der Waals surface area contributed by atoms with Crippen LogP contribution >= 0.6 is 0 Å². The number of alkyl halides is 3. The Balaban J connectivity index is 1.30. The molecule has 2 aromatic rings. The number of anilines is 1. The van der Waals surface area contributed by atoms with Gasteiger partial charge in [0, 0.05) is 48.0 Å². The zero-order valence-corrected chi connectivity index (χ0v) is 25.3. The maximum absolute atomic E-state index is 13.4. The van der Waals surface area contributed by atoms with Gasteiger partial charge in [-0.1, -0.05) is 0 Å². The molecule has 4 aliphatic carbocycles. The molecule has 5 fully saturated rings. The van der Waals surface area contributed by atoms with Crippen molar-refractivity contribution in [1.29, 1.82) is 0 Å². The molecule has 236 valence electrons. The summed E-state index contributed by atoms with van der Waals surface area (Å²) in [7, 11) is -6.11. The average Bonchev–Trinajstić information content (AvgIpc) is 3.61. The largest absolute Gasteiger partial charge is 0.534 e. The average molecular weight is 634 g/mol. The molecule has 0 amide bonds. The molecule has 8 rings (SSSR count). The monoisotopic (exact) mass is 633 g/mol. The summed E-state index contributed by atoms with van der Waals surface area (Å²) in [6, 6.07) is 4.77. The van der Waals surface area contributed by atoms with Crippen LogP contribution < -0.4 is 9.08 Å². The van der Waals surface area contributed by atoms with Crippen molar-refractivity contribution in [2.75, 3.05) is 24.5 Å². The number of nitro benzene ring substituents is 1. The van der Waals surface area contributed by atoms with E-state index >= 15 is 0 Å². The van der Waals surface area contributed by atoms with Gasteiger partial charge < -0.3 is 9.08 Å². The van der Waals surface area contributed by atoms with Gasteiger partial charge in [-0.2, -0.15) is 21.6 Å². The number of aromatic nitrogens is 2. The van der Waals surface area contributed by atoms with E-state index < -0.39 is 37.4 Å². The molecule has 2 saturated heterocycles. The normalized spacial score (nSPS) is 34.1. The Bertz CT molecular complexity index is 1680. The molecule has 6 atom stereocenters. The van der Waals surface area contributed by atoms with Crippen molar-refractivity contribution >= 4 is 21.8 Å². The van der Waals surface area contributed by atoms with Crippen molar-refractivity contribution in [3.8, 4) is 5.75 Å². The maximum Gasteiger partial charge on any atom is 0.534 e. The van der Waals surface area contributed by atoms with Crippen molar-refractivity contribution < 1.29 is 30.7 Å². The maximum atomic E-state index is 13.4. The molecule has 0 N–H and O–H groups in total. The minimum absolute atomic E-state index is 0.0943. The number of nitro groups is 1. The number of aryl methyl sites for hydroxylation is 2. The van der Waals surface area contributed by atoms with Gasteiger partial charge in [-0.15, -0.1) is 0 Å². The van der Waals surface area contributed by atoms with Gasteiger partial charge in [0.2, 0.25) is 11.7 Å². The van der Waals surface area contributed by atoms with E-state index in [0.717, 1.165) is 67.8 Å². The van der Waals surface area contributed by atoms with Crippen LogP contribution in [0.2, 0.25) is 0 Å². The number of nitrogens with zero attached hydrogens (tertiary/aromatic N) is 5. The standard InChI is InChI=1S/C30H34F3N5O5S/c1-16-9-17(2)35-27(34-16)37-15-20-13-28-6-5-22(37)26(20)29(28)7-8-36(14-18-3-4-18)25(28)11-19-10-23(38(39)40)24(12-21(19)29)43-44(41,42)30(31,32)33/h9-10,12,18,20,22,25-26H,3-8,11,13-15H2,1-2H3/t20-,22?,25-,26?,28-,29+/m1/s1. The second-order valence-corrected chi connectivity index (χ2v) is 15.5. The first-order valence-corrected chi connectivity index (χ1v) is 16.8. The summed E-state index contributed by atoms with van der Waals surface area (Å²) in [5.74, 6) is 0.890. The molecule has 10 nitrogen and oxygen atoms in total. The lowest BCUT2D eigenvalue weighted by molar-refractivity contribution is -0.385. The molecule has 3 heterocycles. The number of hydrogen-bond acceptors (Lipinski definition) is 9. The van der Waals surface area contributed by atoms with Gasteiger partial charge in [0.25, 0.3) is 0 Å². The van der Waals surface area contributed by atoms with Crippen LogP contribution in [0, 0.1) is 47.1 Å². The molecule has 0 radical (unpaired) electrons. The summed E-state index contributed by atoms with van der Waals surface area (Å²) in [6.07, 6.45) is 6.49. The van der Waals surface area contributed by atoms with E-state index in [0.29, 0.717) is 18.3 Å². The minimum Gasteiger partial charge on any atom is -0.369 e. The fourth-order valence-corrected chi connectivity index (χ4v) is 10.9. The van der Waals surface area contributed by atoms with Crippen molar-refractivity contribution in [2.45, 2.75) is 81.8 Å². The molecule has 1 aromatic heterocycles. The molecule has 44 heavy (non-hydrogen) atoms. The first-order valence-electron chi connectivity index (χ1n) is 15.4. The number of rotatable bonds is 6. The van der Waals surface area contributed by atoms with Crippen molar-refractivity contribution in [1.82, 2.24) is 14.9 Å². The van der Waals surface area contributed by atoms with Gasteiger partial charge in [0.15, 0.2) is 0 Å². The molecular weight excluding hydrogens is 599 g/mol. The highest BCUT2D eigenvalue weighted by Gasteiger charge is 2.76. The van der Waals surface area contributed by atoms with Crippen LogP contribution in [0.4, 0.5) is 24.8 Å². The molecule has 3 saturated carbocycles. The smallest absolute Gasteiger partial charge is 0.369 e. The Morgan fingerprint density at radius 1 is 1.11 bits per heavy atom. The summed E-state index contributed by atoms with van der Waals surface area (Å²) in [6.45, 7) is 6.48. The highest BCUT2D eigenvalue weighted by molar-refractivity contribution is 7.88. The summed E-state index contributed by atoms with van der Waals surface area (Å²) in [5, 5.41) is 12.1. The highest BCUT2D eigenvalue weighted by atomic mass is 32.2. The number of piperidine rings is 1. The van der Waals surface area contributed by atoms with Crippen molar-refractivity contribution in [2.24, 2.45) is 23.2 Å². The molecule has 6 aliphatic rings. The molecule has 2 aliphatic heterocycles. The molecular formula is C30H34F3N5O5S. The van der Waals surface area contributed by atoms with E-state index in [4.69, 9.17) is 9.97 Å². The summed E-state index contributed by atoms with van der Waals surface area (Å²) >= 11 is 0. The van der Waals surface area contributed by atoms with Gasteiger partial charge in [-0.3, -0.25) is 15.0 Å². The molecule has 0 spiro atoms. The van der Waals surface area contributed by atoms with E-state index in [1.807, 2.05) is 19.9 Å². The van der Waals surface area contributed by atoms with Crippen molar-refractivity contribution in [3.63, 3.8) is 0 Å². The molecule has 1 aromatic carbocycles. The van der Waals surface area contributed by atoms with Gasteiger partial charge in [0.05, 0.1) is 4.92 Å². The number of benzene rings is 1. The van der Waals surface area contributed by atoms with Crippen molar-refractivity contribution in [3.05, 3.63) is 50.8 Å². The number of fused-ring (bicyclic) bond motifs is 1. The first-order chi connectivity index (χ1) is 20.7. The zero-order chi connectivity index (χ0) is 31.0. The van der Waals surface area contributed by atoms with E-state index in [-0.39, 0.29) is 29.3 Å². The molecule has 4 bridgehead atoms. The third-order valence-corrected chi connectivity index (χ3v) is 12.7. The van der Waals surface area contributed by atoms with Crippen LogP contribution in [0.5, 0.6) is 5.75 Å². The Kier molecular flexibility index (Phi) is 5.86. The lowest BCUT2D eigenvalue weighted by atomic mass is 9.43. The van der Waals surface area contributed by atoms with E-state index in [1.54, 1.807) is 0 Å². The number of likely N-dealkylation sites (tertiary alicyclic amines) is 1. The predicted molar refractivity (Wildman–Crippen MR) is 153 cm³/mol. The SMILES string of the molecule is Cc1cc(C)nc(N2C[C@H]3C[C@@]45CCC2C3[C@@]42CCN(CC3CC3)[C@@H]5Cc3cc([N+](=O)[O-])c(OS(=O)(=O)C(F)(F)F)cc32)n1. The Morgan fingerprint density at radius 2 is 1.84 bits per heavy atom. The molecule has 2 unspecified atom stereocenters. The summed E-state index contributed by atoms with van der Waals surface area (Å²) in [5.41, 5.74) is -3.91. The van der Waals surface area contributed by atoms with Crippen LogP contribution in [0.3, 0.4) is 0 Å². The Labute approximate surface area is 253 Å². The van der Waals surface area contributed by atoms with Gasteiger partial charge in [-0.25, -0.2) is 9.97 Å². The fraction of sp³-hybridized carbons (Fsp3) is 0.667. The van der Waals surface area contributed by atoms with Crippen LogP contribution in [-0.2, 0) is 22.0 Å². The third-order valence-electron chi connectivity index (χ3n) is 11.8. The minimum atomic E-state index is -6.11. The summed E-state index contributed by atoms with van der Waals surface area (Å²) < 4.78 is 69.0. The van der Waals surface area contributed by atoms with Gasteiger partial charge in [-0.05, 0) is 112 Å². The van der Waals surface area contributed by atoms with Gasteiger partial charge in [0.1, 0.15) is 0 Å². The zero-order valence-electron chi connectivity index (χ0n) is 24.5. The fourth-order valence-electron chi connectivity index (χ4n) is 10.4. The number of halogens is 3. The second kappa shape index (κ2) is 9.05. The lowest BCUT2D eigenvalue weighted by Gasteiger charge is -2.66.